The van der Waals surface area contributed by atoms with Crippen molar-refractivity contribution in [2.24, 2.45) is 0 Å². The molecule has 2 N–H and O–H groups in total. The van der Waals surface area contributed by atoms with E-state index >= 15 is 0 Å². The van der Waals surface area contributed by atoms with E-state index in [-0.39, 0.29) is 37.9 Å². The lowest BCUT2D eigenvalue weighted by molar-refractivity contribution is 0.0451. The van der Waals surface area contributed by atoms with E-state index in [4.69, 9.17) is 19.9 Å². The van der Waals surface area contributed by atoms with E-state index in [0.29, 0.717) is 5.56 Å². The van der Waals surface area contributed by atoms with E-state index in [1.54, 1.807) is 36.4 Å². The number of carbonyl (C=O) groups excluding carboxylic acids is 4. The predicted molar refractivity (Wildman–Crippen MR) is 122 cm³/mol. The quantitative estimate of drug-likeness (QED) is 0.316. The van der Waals surface area contributed by atoms with Crippen molar-refractivity contribution in [3.63, 3.8) is 0 Å². The zero-order valence-electron chi connectivity index (χ0n) is 18.2. The minimum Gasteiger partial charge on any atom is -0.465 e. The Labute approximate surface area is 193 Å². The van der Waals surface area contributed by atoms with Gasteiger partial charge in [-0.25, -0.2) is 14.4 Å². The number of aryl methyl sites for hydroxylation is 1. The van der Waals surface area contributed by atoms with Gasteiger partial charge in [-0.15, -0.1) is 11.3 Å². The first-order valence-electron chi connectivity index (χ1n) is 9.73. The number of nitrogens with two attached hydrogens (primary N) is 1. The van der Waals surface area contributed by atoms with E-state index in [1.807, 2.05) is 6.92 Å². The Morgan fingerprint density at radius 1 is 0.848 bits per heavy atom. The van der Waals surface area contributed by atoms with Gasteiger partial charge in [0.2, 0.25) is 0 Å². The minimum atomic E-state index is -0.803. The number of anilines is 1. The highest BCUT2D eigenvalue weighted by Gasteiger charge is 2.28. The Morgan fingerprint density at radius 2 is 1.45 bits per heavy atom. The number of rotatable bonds is 7. The SMILES string of the molecule is COC(=O)c1sc(N)c(C(=O)OC)c1COC(=O)c1ccccc1C(=O)c1ccc(C)cc1. The van der Waals surface area contributed by atoms with Crippen molar-refractivity contribution in [2.45, 2.75) is 13.5 Å². The molecule has 0 atom stereocenters. The number of methoxy groups -OCH3 is 2. The molecular weight excluding hydrogens is 446 g/mol. The lowest BCUT2D eigenvalue weighted by atomic mass is 9.98. The lowest BCUT2D eigenvalue weighted by Crippen LogP contribution is -2.15. The monoisotopic (exact) mass is 467 g/mol. The van der Waals surface area contributed by atoms with Gasteiger partial charge in [0.05, 0.1) is 19.8 Å². The molecule has 33 heavy (non-hydrogen) atoms. The molecule has 1 heterocycles. The number of ketones is 1. The van der Waals surface area contributed by atoms with Gasteiger partial charge in [-0.3, -0.25) is 4.79 Å². The standard InChI is InChI=1S/C24H21NO7S/c1-13-8-10-14(11-9-13)19(26)15-6-4-5-7-16(15)22(27)32-12-17-18(23(28)30-2)21(25)33-20(17)24(29)31-3/h4-11H,12,25H2,1-3H3. The topological polar surface area (TPSA) is 122 Å². The average Bonchev–Trinajstić information content (AvgIpc) is 3.17. The molecule has 3 rings (SSSR count). The summed E-state index contributed by atoms with van der Waals surface area (Å²) in [5, 5.41) is 0.0308. The molecule has 0 bridgehead atoms. The van der Waals surface area contributed by atoms with Crippen molar-refractivity contribution in [3.05, 3.63) is 86.8 Å². The molecule has 3 aromatic rings. The highest BCUT2D eigenvalue weighted by atomic mass is 32.1. The molecule has 0 aliphatic heterocycles. The van der Waals surface area contributed by atoms with Crippen molar-refractivity contribution < 1.29 is 33.4 Å². The van der Waals surface area contributed by atoms with Crippen LogP contribution in [0.1, 0.15) is 57.4 Å². The Bertz CT molecular complexity index is 1230. The summed E-state index contributed by atoms with van der Waals surface area (Å²) in [5.74, 6) is -2.65. The Morgan fingerprint density at radius 3 is 2.06 bits per heavy atom. The summed E-state index contributed by atoms with van der Waals surface area (Å²) < 4.78 is 14.9. The predicted octanol–water partition coefficient (Wildman–Crippen LogP) is 3.80. The molecule has 0 aliphatic carbocycles. The second-order valence-corrected chi connectivity index (χ2v) is 8.00. The Hall–Kier alpha value is -3.98. The van der Waals surface area contributed by atoms with Crippen LogP contribution in [0.4, 0.5) is 5.00 Å². The minimum absolute atomic E-state index is 0.0206. The molecule has 8 nitrogen and oxygen atoms in total. The number of hydrogen-bond donors (Lipinski definition) is 1. The summed E-state index contributed by atoms with van der Waals surface area (Å²) in [6, 6.07) is 13.2. The summed E-state index contributed by atoms with van der Waals surface area (Å²) in [6.07, 6.45) is 0. The van der Waals surface area contributed by atoms with E-state index < -0.39 is 24.5 Å². The van der Waals surface area contributed by atoms with Gasteiger partial charge in [0, 0.05) is 16.7 Å². The molecule has 9 heteroatoms. The molecule has 0 fully saturated rings. The smallest absolute Gasteiger partial charge is 0.348 e. The van der Waals surface area contributed by atoms with Crippen molar-refractivity contribution in [1.82, 2.24) is 0 Å². The van der Waals surface area contributed by atoms with Crippen LogP contribution < -0.4 is 5.73 Å². The Kier molecular flexibility index (Phi) is 7.24. The van der Waals surface area contributed by atoms with Gasteiger partial charge in [0.15, 0.2) is 5.78 Å². The number of ether oxygens (including phenoxy) is 3. The van der Waals surface area contributed by atoms with Gasteiger partial charge in [0.25, 0.3) is 0 Å². The molecule has 1 aromatic heterocycles. The number of esters is 3. The first-order chi connectivity index (χ1) is 15.8. The van der Waals surface area contributed by atoms with E-state index in [9.17, 15) is 19.2 Å². The van der Waals surface area contributed by atoms with Crippen LogP contribution in [0.15, 0.2) is 48.5 Å². The summed E-state index contributed by atoms with van der Waals surface area (Å²) in [7, 11) is 2.35. The van der Waals surface area contributed by atoms with Gasteiger partial charge in [-0.1, -0.05) is 48.0 Å². The van der Waals surface area contributed by atoms with Crippen LogP contribution in [-0.2, 0) is 20.8 Å². The number of benzene rings is 2. The maximum Gasteiger partial charge on any atom is 0.348 e. The Balaban J connectivity index is 1.91. The fourth-order valence-corrected chi connectivity index (χ4v) is 4.12. The van der Waals surface area contributed by atoms with Gasteiger partial charge < -0.3 is 19.9 Å². The fourth-order valence-electron chi connectivity index (χ4n) is 3.14. The first-order valence-corrected chi connectivity index (χ1v) is 10.5. The lowest BCUT2D eigenvalue weighted by Gasteiger charge is -2.11. The van der Waals surface area contributed by atoms with Crippen LogP contribution in [0.25, 0.3) is 0 Å². The third-order valence-corrected chi connectivity index (χ3v) is 5.89. The van der Waals surface area contributed by atoms with Gasteiger partial charge >= 0.3 is 17.9 Å². The van der Waals surface area contributed by atoms with E-state index in [0.717, 1.165) is 16.9 Å². The van der Waals surface area contributed by atoms with Crippen LogP contribution >= 0.6 is 11.3 Å². The maximum atomic E-state index is 13.0. The second kappa shape index (κ2) is 10.1. The summed E-state index contributed by atoms with van der Waals surface area (Å²) >= 11 is 0.828. The first kappa shape index (κ1) is 23.7. The van der Waals surface area contributed by atoms with Crippen LogP contribution in [-0.4, -0.2) is 37.9 Å². The van der Waals surface area contributed by atoms with Crippen molar-refractivity contribution >= 4 is 40.0 Å². The number of thiophene rings is 1. The number of hydrogen-bond acceptors (Lipinski definition) is 9. The molecule has 0 aliphatic rings. The van der Waals surface area contributed by atoms with Crippen molar-refractivity contribution in [2.75, 3.05) is 20.0 Å². The summed E-state index contributed by atoms with van der Waals surface area (Å²) in [5.41, 5.74) is 7.53. The molecule has 0 saturated heterocycles. The van der Waals surface area contributed by atoms with Crippen LogP contribution in [0.2, 0.25) is 0 Å². The van der Waals surface area contributed by atoms with Crippen molar-refractivity contribution in [1.29, 1.82) is 0 Å². The normalized spacial score (nSPS) is 10.4. The van der Waals surface area contributed by atoms with Crippen LogP contribution in [0, 0.1) is 6.92 Å². The fraction of sp³-hybridized carbons (Fsp3) is 0.167. The third-order valence-electron chi connectivity index (χ3n) is 4.85. The maximum absolute atomic E-state index is 13.0. The van der Waals surface area contributed by atoms with Gasteiger partial charge in [0.1, 0.15) is 22.0 Å². The highest BCUT2D eigenvalue weighted by Crippen LogP contribution is 2.33. The number of nitrogen functional groups attached to an aromatic ring is 1. The van der Waals surface area contributed by atoms with Crippen LogP contribution in [0.3, 0.4) is 0 Å². The highest BCUT2D eigenvalue weighted by molar-refractivity contribution is 7.18. The van der Waals surface area contributed by atoms with Gasteiger partial charge in [-0.05, 0) is 13.0 Å². The largest absolute Gasteiger partial charge is 0.465 e. The third kappa shape index (κ3) is 4.93. The van der Waals surface area contributed by atoms with Gasteiger partial charge in [-0.2, -0.15) is 0 Å². The summed E-state index contributed by atoms with van der Waals surface area (Å²) in [4.78, 5) is 50.2. The molecule has 0 radical (unpaired) electrons. The van der Waals surface area contributed by atoms with E-state index in [2.05, 4.69) is 0 Å². The van der Waals surface area contributed by atoms with Crippen molar-refractivity contribution in [3.8, 4) is 0 Å². The second-order valence-electron chi connectivity index (χ2n) is 6.95. The molecule has 0 unspecified atom stereocenters. The molecular formula is C24H21NO7S. The molecule has 0 amide bonds. The molecule has 0 saturated carbocycles. The number of carbonyl (C=O) groups is 4. The zero-order chi connectivity index (χ0) is 24.1. The molecule has 170 valence electrons. The summed E-state index contributed by atoms with van der Waals surface area (Å²) in [6.45, 7) is 1.45. The van der Waals surface area contributed by atoms with E-state index in [1.165, 1.54) is 26.4 Å². The van der Waals surface area contributed by atoms with Crippen LogP contribution in [0.5, 0.6) is 0 Å². The molecule has 2 aromatic carbocycles. The average molecular weight is 467 g/mol. The zero-order valence-corrected chi connectivity index (χ0v) is 19.0. The molecule has 0 spiro atoms.